The molecule has 0 unspecified atom stereocenters. The summed E-state index contributed by atoms with van der Waals surface area (Å²) >= 11 is 0. The van der Waals surface area contributed by atoms with Crippen LogP contribution in [0.15, 0.2) is 24.3 Å². The Morgan fingerprint density at radius 2 is 1.88 bits per heavy atom. The standard InChI is InChI=1S/C13H17FN2O/c14-12-5-3-11(4-6-12)13(17)16-9-2-1-7-15-8-10-16/h3-6,15H,1-2,7-10H2. The van der Waals surface area contributed by atoms with E-state index in [4.69, 9.17) is 0 Å². The van der Waals surface area contributed by atoms with Crippen molar-refractivity contribution in [1.29, 1.82) is 0 Å². The number of nitrogens with one attached hydrogen (secondary N) is 1. The van der Waals surface area contributed by atoms with Crippen molar-refractivity contribution in [2.24, 2.45) is 0 Å². The summed E-state index contributed by atoms with van der Waals surface area (Å²) in [5, 5.41) is 3.28. The van der Waals surface area contributed by atoms with Gasteiger partial charge in [0.1, 0.15) is 5.82 Å². The third-order valence-corrected chi connectivity index (χ3v) is 2.97. The Bertz CT molecular complexity index is 370. The van der Waals surface area contributed by atoms with E-state index in [0.29, 0.717) is 5.56 Å². The summed E-state index contributed by atoms with van der Waals surface area (Å²) in [6.45, 7) is 3.36. The van der Waals surface area contributed by atoms with E-state index >= 15 is 0 Å². The van der Waals surface area contributed by atoms with Gasteiger partial charge in [0.2, 0.25) is 0 Å². The number of amides is 1. The molecule has 1 aliphatic heterocycles. The van der Waals surface area contributed by atoms with E-state index < -0.39 is 0 Å². The largest absolute Gasteiger partial charge is 0.337 e. The Balaban J connectivity index is 2.04. The smallest absolute Gasteiger partial charge is 0.253 e. The maximum Gasteiger partial charge on any atom is 0.253 e. The van der Waals surface area contributed by atoms with Crippen LogP contribution in [0.2, 0.25) is 0 Å². The van der Waals surface area contributed by atoms with E-state index in [9.17, 15) is 9.18 Å². The van der Waals surface area contributed by atoms with Gasteiger partial charge in [-0.1, -0.05) is 0 Å². The van der Waals surface area contributed by atoms with Crippen LogP contribution in [0.25, 0.3) is 0 Å². The molecular weight excluding hydrogens is 219 g/mol. The molecule has 1 heterocycles. The van der Waals surface area contributed by atoms with Gasteiger partial charge in [0.05, 0.1) is 0 Å². The van der Waals surface area contributed by atoms with Gasteiger partial charge in [-0.25, -0.2) is 4.39 Å². The second-order valence-electron chi connectivity index (χ2n) is 4.26. The number of carbonyl (C=O) groups excluding carboxylic acids is 1. The first-order valence-corrected chi connectivity index (χ1v) is 6.03. The first-order valence-electron chi connectivity index (χ1n) is 6.03. The first kappa shape index (κ1) is 12.0. The lowest BCUT2D eigenvalue weighted by atomic mass is 10.1. The second-order valence-corrected chi connectivity index (χ2v) is 4.26. The van der Waals surface area contributed by atoms with Gasteiger partial charge < -0.3 is 10.2 Å². The van der Waals surface area contributed by atoms with Crippen LogP contribution in [0.3, 0.4) is 0 Å². The number of benzene rings is 1. The number of nitrogens with zero attached hydrogens (tertiary/aromatic N) is 1. The fraction of sp³-hybridized carbons (Fsp3) is 0.462. The van der Waals surface area contributed by atoms with Crippen molar-refractivity contribution in [1.82, 2.24) is 10.2 Å². The predicted octanol–water partition coefficient (Wildman–Crippen LogP) is 1.65. The third-order valence-electron chi connectivity index (χ3n) is 2.97. The average Bonchev–Trinajstić information content (AvgIpc) is 2.29. The molecule has 0 bridgehead atoms. The Hall–Kier alpha value is -1.42. The van der Waals surface area contributed by atoms with Gasteiger partial charge in [-0.15, -0.1) is 0 Å². The highest BCUT2D eigenvalue weighted by molar-refractivity contribution is 5.94. The van der Waals surface area contributed by atoms with Gasteiger partial charge in [0, 0.05) is 25.2 Å². The Labute approximate surface area is 101 Å². The first-order chi connectivity index (χ1) is 8.27. The summed E-state index contributed by atoms with van der Waals surface area (Å²) in [4.78, 5) is 14.0. The number of hydrogen-bond acceptors (Lipinski definition) is 2. The molecule has 1 N–H and O–H groups in total. The van der Waals surface area contributed by atoms with Crippen molar-refractivity contribution in [3.63, 3.8) is 0 Å². The Morgan fingerprint density at radius 3 is 2.65 bits per heavy atom. The number of rotatable bonds is 1. The van der Waals surface area contributed by atoms with E-state index in [1.165, 1.54) is 12.1 Å². The molecular formula is C13H17FN2O. The van der Waals surface area contributed by atoms with Crippen molar-refractivity contribution in [3.8, 4) is 0 Å². The van der Waals surface area contributed by atoms with Gasteiger partial charge in [-0.2, -0.15) is 0 Å². The highest BCUT2D eigenvalue weighted by Crippen LogP contribution is 2.08. The van der Waals surface area contributed by atoms with Crippen LogP contribution in [0.4, 0.5) is 4.39 Å². The zero-order chi connectivity index (χ0) is 12.1. The normalized spacial score (nSPS) is 17.4. The predicted molar refractivity (Wildman–Crippen MR) is 64.4 cm³/mol. The summed E-state index contributed by atoms with van der Waals surface area (Å²) in [7, 11) is 0. The minimum atomic E-state index is -0.309. The molecule has 0 spiro atoms. The number of halogens is 1. The maximum atomic E-state index is 12.8. The van der Waals surface area contributed by atoms with Gasteiger partial charge in [0.25, 0.3) is 5.91 Å². The molecule has 3 nitrogen and oxygen atoms in total. The quantitative estimate of drug-likeness (QED) is 0.804. The highest BCUT2D eigenvalue weighted by Gasteiger charge is 2.16. The van der Waals surface area contributed by atoms with E-state index in [-0.39, 0.29) is 11.7 Å². The van der Waals surface area contributed by atoms with Crippen LogP contribution in [0.1, 0.15) is 23.2 Å². The minimum Gasteiger partial charge on any atom is -0.337 e. The minimum absolute atomic E-state index is 0.00583. The van der Waals surface area contributed by atoms with Crippen molar-refractivity contribution >= 4 is 5.91 Å². The molecule has 17 heavy (non-hydrogen) atoms. The molecule has 0 atom stereocenters. The lowest BCUT2D eigenvalue weighted by Gasteiger charge is -2.25. The number of hydrogen-bond donors (Lipinski definition) is 1. The second kappa shape index (κ2) is 5.77. The summed E-state index contributed by atoms with van der Waals surface area (Å²) in [5.74, 6) is -0.315. The lowest BCUT2D eigenvalue weighted by Crippen LogP contribution is -2.39. The van der Waals surface area contributed by atoms with Crippen LogP contribution >= 0.6 is 0 Å². The molecule has 1 aliphatic rings. The van der Waals surface area contributed by atoms with Gasteiger partial charge in [-0.05, 0) is 43.7 Å². The van der Waals surface area contributed by atoms with Gasteiger partial charge in [-0.3, -0.25) is 4.79 Å². The molecule has 92 valence electrons. The lowest BCUT2D eigenvalue weighted by molar-refractivity contribution is 0.0748. The third kappa shape index (κ3) is 3.27. The molecule has 1 aromatic carbocycles. The fourth-order valence-corrected chi connectivity index (χ4v) is 1.98. The van der Waals surface area contributed by atoms with Crippen molar-refractivity contribution in [3.05, 3.63) is 35.6 Å². The molecule has 1 amide bonds. The summed E-state index contributed by atoms with van der Waals surface area (Å²) < 4.78 is 12.8. The van der Waals surface area contributed by atoms with Crippen molar-refractivity contribution < 1.29 is 9.18 Å². The molecule has 0 aromatic heterocycles. The average molecular weight is 236 g/mol. The monoisotopic (exact) mass is 236 g/mol. The SMILES string of the molecule is O=C(c1ccc(F)cc1)N1CCCCNCC1. The Morgan fingerprint density at radius 1 is 1.12 bits per heavy atom. The summed E-state index contributed by atoms with van der Waals surface area (Å²) in [6, 6.07) is 5.75. The van der Waals surface area contributed by atoms with Gasteiger partial charge >= 0.3 is 0 Å². The van der Waals surface area contributed by atoms with E-state index in [2.05, 4.69) is 5.32 Å². The van der Waals surface area contributed by atoms with Crippen molar-refractivity contribution in [2.75, 3.05) is 26.2 Å². The van der Waals surface area contributed by atoms with E-state index in [0.717, 1.165) is 39.0 Å². The van der Waals surface area contributed by atoms with Crippen LogP contribution in [0, 0.1) is 5.82 Å². The van der Waals surface area contributed by atoms with Crippen LogP contribution in [-0.4, -0.2) is 37.0 Å². The molecule has 1 fully saturated rings. The molecule has 4 heteroatoms. The van der Waals surface area contributed by atoms with Crippen molar-refractivity contribution in [2.45, 2.75) is 12.8 Å². The van der Waals surface area contributed by atoms with E-state index in [1.807, 2.05) is 4.90 Å². The topological polar surface area (TPSA) is 32.3 Å². The van der Waals surface area contributed by atoms with Crippen LogP contribution in [0.5, 0.6) is 0 Å². The zero-order valence-corrected chi connectivity index (χ0v) is 9.79. The van der Waals surface area contributed by atoms with Gasteiger partial charge in [0.15, 0.2) is 0 Å². The Kier molecular flexibility index (Phi) is 4.09. The molecule has 0 radical (unpaired) electrons. The van der Waals surface area contributed by atoms with E-state index in [1.54, 1.807) is 12.1 Å². The van der Waals surface area contributed by atoms with Crippen LogP contribution < -0.4 is 5.32 Å². The zero-order valence-electron chi connectivity index (χ0n) is 9.79. The molecule has 0 saturated carbocycles. The fourth-order valence-electron chi connectivity index (χ4n) is 1.98. The molecule has 0 aliphatic carbocycles. The molecule has 1 aromatic rings. The molecule has 1 saturated heterocycles. The summed E-state index contributed by atoms with van der Waals surface area (Å²) in [5.41, 5.74) is 0.562. The molecule has 2 rings (SSSR count). The maximum absolute atomic E-state index is 12.8. The summed E-state index contributed by atoms with van der Waals surface area (Å²) in [6.07, 6.45) is 2.10. The van der Waals surface area contributed by atoms with Crippen LogP contribution in [-0.2, 0) is 0 Å². The number of carbonyl (C=O) groups is 1. The highest BCUT2D eigenvalue weighted by atomic mass is 19.1.